The van der Waals surface area contributed by atoms with E-state index in [1.807, 2.05) is 86.6 Å². The van der Waals surface area contributed by atoms with E-state index in [9.17, 15) is 9.18 Å². The van der Waals surface area contributed by atoms with E-state index in [1.54, 1.807) is 0 Å². The summed E-state index contributed by atoms with van der Waals surface area (Å²) in [6, 6.07) is 26.1. The van der Waals surface area contributed by atoms with Gasteiger partial charge in [-0.05, 0) is 79.1 Å². The fourth-order valence-corrected chi connectivity index (χ4v) is 6.41. The normalized spacial score (nSPS) is 18.4. The van der Waals surface area contributed by atoms with E-state index in [2.05, 4.69) is 44.5 Å². The highest BCUT2D eigenvalue weighted by Gasteiger charge is 2.42. The minimum Gasteiger partial charge on any atom is -0.350 e. The Morgan fingerprint density at radius 1 is 0.955 bits per heavy atom. The van der Waals surface area contributed by atoms with Crippen molar-refractivity contribution in [3.05, 3.63) is 102 Å². The summed E-state index contributed by atoms with van der Waals surface area (Å²) in [5.74, 6) is -0.937. The lowest BCUT2D eigenvalue weighted by atomic mass is 9.76. The van der Waals surface area contributed by atoms with Crippen molar-refractivity contribution in [2.75, 3.05) is 11.9 Å². The molecule has 1 aliphatic heterocycles. The van der Waals surface area contributed by atoms with Crippen LogP contribution in [0.2, 0.25) is 0 Å². The van der Waals surface area contributed by atoms with Gasteiger partial charge in [-0.3, -0.25) is 4.79 Å². The average molecular weight is 597 g/mol. The third kappa shape index (κ3) is 6.82. The molecule has 2 heterocycles. The molecule has 1 fully saturated rings. The van der Waals surface area contributed by atoms with Crippen LogP contribution in [0.3, 0.4) is 0 Å². The molecule has 1 unspecified atom stereocenters. The second kappa shape index (κ2) is 12.7. The van der Waals surface area contributed by atoms with Crippen molar-refractivity contribution >= 4 is 11.6 Å². The Morgan fingerprint density at radius 3 is 2.16 bits per heavy atom. The van der Waals surface area contributed by atoms with Crippen molar-refractivity contribution in [2.24, 2.45) is 11.3 Å². The van der Waals surface area contributed by atoms with E-state index in [1.165, 1.54) is 12.1 Å². The standard InChI is InChI=1S/C38H45FN2O3/c1-25(2)34-33(36(42)40-29-16-12-9-13-17-29)32(26-14-10-8-11-15-26)35(27-18-20-28(39)21-19-27)41(34)23-22-31-30(37(3,4)5)24-43-38(6,7)44-31/h8-21,25,30-31H,22-24H2,1-7H3,(H,40,42)/t30-,31?/m1/s1. The maximum Gasteiger partial charge on any atom is 0.258 e. The summed E-state index contributed by atoms with van der Waals surface area (Å²) in [5.41, 5.74) is 5.81. The molecule has 0 spiro atoms. The first-order valence-corrected chi connectivity index (χ1v) is 15.6. The summed E-state index contributed by atoms with van der Waals surface area (Å²) < 4.78 is 29.2. The number of nitrogens with one attached hydrogen (secondary N) is 1. The van der Waals surface area contributed by atoms with Crippen LogP contribution in [0, 0.1) is 17.2 Å². The lowest BCUT2D eigenvalue weighted by Crippen LogP contribution is -2.50. The maximum atomic E-state index is 14.3. The Morgan fingerprint density at radius 2 is 1.57 bits per heavy atom. The van der Waals surface area contributed by atoms with E-state index >= 15 is 0 Å². The fourth-order valence-electron chi connectivity index (χ4n) is 6.41. The smallest absolute Gasteiger partial charge is 0.258 e. The van der Waals surface area contributed by atoms with Crippen LogP contribution >= 0.6 is 0 Å². The lowest BCUT2D eigenvalue weighted by molar-refractivity contribution is -0.305. The number of carbonyl (C=O) groups is 1. The Hall–Kier alpha value is -3.74. The SMILES string of the molecule is CC(C)c1c(C(=O)Nc2ccccc2)c(-c2ccccc2)c(-c2ccc(F)cc2)n1CCC1OC(C)(C)OC[C@H]1C(C)(C)C. The number of hydrogen-bond donors (Lipinski definition) is 1. The number of hydrogen-bond acceptors (Lipinski definition) is 3. The van der Waals surface area contributed by atoms with Gasteiger partial charge in [-0.1, -0.05) is 83.1 Å². The molecule has 232 valence electrons. The first kappa shape index (κ1) is 31.7. The van der Waals surface area contributed by atoms with E-state index < -0.39 is 5.79 Å². The van der Waals surface area contributed by atoms with Gasteiger partial charge in [0.05, 0.1) is 24.0 Å². The van der Waals surface area contributed by atoms with Gasteiger partial charge in [0.25, 0.3) is 5.91 Å². The summed E-state index contributed by atoms with van der Waals surface area (Å²) in [6.45, 7) is 16.1. The van der Waals surface area contributed by atoms with Crippen LogP contribution in [0.1, 0.15) is 76.9 Å². The lowest BCUT2D eigenvalue weighted by Gasteiger charge is -2.46. The zero-order chi connectivity index (χ0) is 31.6. The number of aromatic nitrogens is 1. The molecule has 0 saturated carbocycles. The van der Waals surface area contributed by atoms with Gasteiger partial charge in [0.2, 0.25) is 0 Å². The van der Waals surface area contributed by atoms with E-state index in [4.69, 9.17) is 9.47 Å². The molecule has 1 aliphatic rings. The van der Waals surface area contributed by atoms with Gasteiger partial charge in [0.15, 0.2) is 5.79 Å². The minimum atomic E-state index is -0.681. The predicted molar refractivity (Wildman–Crippen MR) is 176 cm³/mol. The number of benzene rings is 3. The molecule has 1 saturated heterocycles. The maximum absolute atomic E-state index is 14.3. The zero-order valence-electron chi connectivity index (χ0n) is 27.0. The second-order valence-electron chi connectivity index (χ2n) is 13.6. The quantitative estimate of drug-likeness (QED) is 0.220. The van der Waals surface area contributed by atoms with Crippen LogP contribution in [0.25, 0.3) is 22.4 Å². The summed E-state index contributed by atoms with van der Waals surface area (Å²) in [7, 11) is 0. The first-order chi connectivity index (χ1) is 20.9. The topological polar surface area (TPSA) is 52.5 Å². The van der Waals surface area contributed by atoms with Crippen molar-refractivity contribution in [3.8, 4) is 22.4 Å². The molecular weight excluding hydrogens is 551 g/mol. The van der Waals surface area contributed by atoms with Crippen LogP contribution in [-0.4, -0.2) is 29.0 Å². The monoisotopic (exact) mass is 596 g/mol. The minimum absolute atomic E-state index is 0.0194. The first-order valence-electron chi connectivity index (χ1n) is 15.6. The molecule has 3 aromatic carbocycles. The van der Waals surface area contributed by atoms with Gasteiger partial charge in [-0.15, -0.1) is 0 Å². The number of amides is 1. The Labute approximate surface area is 261 Å². The van der Waals surface area contributed by atoms with Crippen molar-refractivity contribution in [1.29, 1.82) is 0 Å². The van der Waals surface area contributed by atoms with Gasteiger partial charge >= 0.3 is 0 Å². The molecule has 6 heteroatoms. The molecular formula is C38H45FN2O3. The zero-order valence-corrected chi connectivity index (χ0v) is 27.0. The van der Waals surface area contributed by atoms with Crippen LogP contribution in [0.4, 0.5) is 10.1 Å². The molecule has 5 nitrogen and oxygen atoms in total. The van der Waals surface area contributed by atoms with Crippen molar-refractivity contribution in [1.82, 2.24) is 4.57 Å². The van der Waals surface area contributed by atoms with Gasteiger partial charge in [-0.25, -0.2) is 4.39 Å². The predicted octanol–water partition coefficient (Wildman–Crippen LogP) is 9.54. The average Bonchev–Trinajstić information content (AvgIpc) is 3.32. The number of carbonyl (C=O) groups excluding carboxylic acids is 1. The molecule has 1 aromatic heterocycles. The van der Waals surface area contributed by atoms with Crippen LogP contribution in [0.15, 0.2) is 84.9 Å². The number of rotatable bonds is 8. The second-order valence-corrected chi connectivity index (χ2v) is 13.6. The van der Waals surface area contributed by atoms with Crippen molar-refractivity contribution in [3.63, 3.8) is 0 Å². The van der Waals surface area contributed by atoms with Gasteiger partial charge in [-0.2, -0.15) is 0 Å². The number of para-hydroxylation sites is 1. The highest BCUT2D eigenvalue weighted by atomic mass is 19.1. The highest BCUT2D eigenvalue weighted by molar-refractivity contribution is 6.12. The van der Waals surface area contributed by atoms with Crippen LogP contribution in [-0.2, 0) is 16.0 Å². The van der Waals surface area contributed by atoms with Crippen LogP contribution in [0.5, 0.6) is 0 Å². The van der Waals surface area contributed by atoms with E-state index in [0.717, 1.165) is 40.2 Å². The molecule has 0 radical (unpaired) electrons. The molecule has 1 N–H and O–H groups in total. The molecule has 5 rings (SSSR count). The van der Waals surface area contributed by atoms with E-state index in [0.29, 0.717) is 18.7 Å². The summed E-state index contributed by atoms with van der Waals surface area (Å²) in [4.78, 5) is 14.3. The molecule has 0 aliphatic carbocycles. The van der Waals surface area contributed by atoms with Gasteiger partial charge < -0.3 is 19.4 Å². The van der Waals surface area contributed by atoms with Crippen molar-refractivity contribution < 1.29 is 18.7 Å². The molecule has 44 heavy (non-hydrogen) atoms. The molecule has 0 bridgehead atoms. The number of ether oxygens (including phenoxy) is 2. The summed E-state index contributed by atoms with van der Waals surface area (Å²) in [6.07, 6.45) is 0.676. The molecule has 4 aromatic rings. The van der Waals surface area contributed by atoms with E-state index in [-0.39, 0.29) is 35.1 Å². The third-order valence-corrected chi connectivity index (χ3v) is 8.53. The van der Waals surface area contributed by atoms with Crippen LogP contribution < -0.4 is 5.32 Å². The Balaban J connectivity index is 1.71. The summed E-state index contributed by atoms with van der Waals surface area (Å²) in [5, 5.41) is 3.15. The Bertz CT molecular complexity index is 1570. The molecule has 1 amide bonds. The number of anilines is 1. The molecule has 2 atom stereocenters. The Kier molecular flexibility index (Phi) is 9.15. The fraction of sp³-hybridized carbons (Fsp3) is 0.395. The summed E-state index contributed by atoms with van der Waals surface area (Å²) >= 11 is 0. The number of halogens is 1. The highest BCUT2D eigenvalue weighted by Crippen LogP contribution is 2.44. The van der Waals surface area contributed by atoms with Crippen molar-refractivity contribution in [2.45, 2.75) is 79.2 Å². The van der Waals surface area contributed by atoms with Gasteiger partial charge in [0, 0.05) is 29.4 Å². The van der Waals surface area contributed by atoms with Gasteiger partial charge in [0.1, 0.15) is 5.82 Å². The number of nitrogens with zero attached hydrogens (tertiary/aromatic N) is 1. The third-order valence-electron chi connectivity index (χ3n) is 8.53. The largest absolute Gasteiger partial charge is 0.350 e.